The zero-order chi connectivity index (χ0) is 25.9. The average Bonchev–Trinajstić information content (AvgIpc) is 2.80. The second-order valence-electron chi connectivity index (χ2n) is 9.02. The smallest absolute Gasteiger partial charge is 0.336 e. The summed E-state index contributed by atoms with van der Waals surface area (Å²) in [5.41, 5.74) is 2.19. The van der Waals surface area contributed by atoms with E-state index in [0.717, 1.165) is 0 Å². The molecular formula is C26H33NO8. The number of rotatable bonds is 8. The first-order valence-corrected chi connectivity index (χ1v) is 11.6. The van der Waals surface area contributed by atoms with Gasteiger partial charge >= 0.3 is 11.9 Å². The molecule has 9 heteroatoms. The predicted octanol–water partition coefficient (Wildman–Crippen LogP) is 2.98. The van der Waals surface area contributed by atoms with Gasteiger partial charge in [0, 0.05) is 22.9 Å². The lowest BCUT2D eigenvalue weighted by Crippen LogP contribution is -2.43. The Morgan fingerprint density at radius 3 is 2.51 bits per heavy atom. The maximum atomic E-state index is 13.7. The number of Topliss-reactive ketones (excluding diaryl/α,β-unsaturated/α-hetero) is 1. The predicted molar refractivity (Wildman–Crippen MR) is 127 cm³/mol. The summed E-state index contributed by atoms with van der Waals surface area (Å²) in [6.45, 7) is 7.59. The van der Waals surface area contributed by atoms with Gasteiger partial charge in [0.15, 0.2) is 17.3 Å². The fourth-order valence-corrected chi connectivity index (χ4v) is 4.67. The third kappa shape index (κ3) is 5.35. The van der Waals surface area contributed by atoms with E-state index in [1.807, 2.05) is 20.8 Å². The molecule has 0 radical (unpaired) electrons. The van der Waals surface area contributed by atoms with Gasteiger partial charge in [-0.3, -0.25) is 9.59 Å². The number of allylic oxidation sites excluding steroid dienone is 3. The van der Waals surface area contributed by atoms with E-state index in [4.69, 9.17) is 18.9 Å². The molecule has 0 unspecified atom stereocenters. The van der Waals surface area contributed by atoms with Gasteiger partial charge in [0.05, 0.1) is 32.5 Å². The van der Waals surface area contributed by atoms with Gasteiger partial charge in [-0.25, -0.2) is 4.79 Å². The SMILES string of the molecule is COC(=O)[C@@H]1C(=O)C2=C(C[C@@H]1C)NC(C)=C(C(=O)OCCOC(C)C)[C@@H]2c1ccc(OC)c(O)c1. The second kappa shape index (κ2) is 10.9. The molecule has 2 aliphatic rings. The van der Waals surface area contributed by atoms with Crippen LogP contribution in [0.3, 0.4) is 0 Å². The largest absolute Gasteiger partial charge is 0.504 e. The van der Waals surface area contributed by atoms with Crippen LogP contribution in [0, 0.1) is 11.8 Å². The quantitative estimate of drug-likeness (QED) is 0.324. The molecule has 1 heterocycles. The molecule has 1 aliphatic heterocycles. The summed E-state index contributed by atoms with van der Waals surface area (Å²) >= 11 is 0. The van der Waals surface area contributed by atoms with Crippen LogP contribution in [0.25, 0.3) is 0 Å². The summed E-state index contributed by atoms with van der Waals surface area (Å²) in [6.07, 6.45) is 0.410. The Morgan fingerprint density at radius 2 is 1.91 bits per heavy atom. The Hall–Kier alpha value is -3.33. The summed E-state index contributed by atoms with van der Waals surface area (Å²) in [7, 11) is 2.68. The standard InChI is InChI=1S/C26H33NO8/c1-13(2)34-9-10-35-26(31)21-15(4)27-17-11-14(3)20(25(30)33-6)24(29)23(17)22(21)16-7-8-19(32-5)18(28)12-16/h7-8,12-14,20,22,27-28H,9-11H2,1-6H3/t14-,20-,22-/m0/s1. The molecule has 0 amide bonds. The van der Waals surface area contributed by atoms with E-state index in [0.29, 0.717) is 29.0 Å². The Balaban J connectivity index is 2.08. The highest BCUT2D eigenvalue weighted by atomic mass is 16.6. The van der Waals surface area contributed by atoms with Gasteiger partial charge in [0.1, 0.15) is 12.5 Å². The van der Waals surface area contributed by atoms with Gasteiger partial charge in [0.2, 0.25) is 0 Å². The van der Waals surface area contributed by atoms with Crippen molar-refractivity contribution in [1.82, 2.24) is 5.32 Å². The normalized spacial score (nSPS) is 22.0. The van der Waals surface area contributed by atoms with Gasteiger partial charge in [-0.2, -0.15) is 0 Å². The van der Waals surface area contributed by atoms with E-state index in [9.17, 15) is 19.5 Å². The third-order valence-electron chi connectivity index (χ3n) is 6.27. The highest BCUT2D eigenvalue weighted by Gasteiger charge is 2.47. The van der Waals surface area contributed by atoms with Crippen molar-refractivity contribution in [3.8, 4) is 11.5 Å². The lowest BCUT2D eigenvalue weighted by atomic mass is 9.69. The Bertz CT molecular complexity index is 1070. The van der Waals surface area contributed by atoms with Crippen molar-refractivity contribution in [2.75, 3.05) is 27.4 Å². The molecule has 1 aromatic rings. The molecule has 3 atom stereocenters. The zero-order valence-electron chi connectivity index (χ0n) is 21.0. The fraction of sp³-hybridized carbons (Fsp3) is 0.500. The highest BCUT2D eigenvalue weighted by Crippen LogP contribution is 2.46. The topological polar surface area (TPSA) is 120 Å². The van der Waals surface area contributed by atoms with E-state index in [-0.39, 0.29) is 42.3 Å². The number of hydrogen-bond acceptors (Lipinski definition) is 9. The first-order chi connectivity index (χ1) is 16.6. The molecule has 190 valence electrons. The molecule has 0 saturated heterocycles. The van der Waals surface area contributed by atoms with Crippen LogP contribution in [-0.4, -0.2) is 56.4 Å². The van der Waals surface area contributed by atoms with Gasteiger partial charge in [-0.1, -0.05) is 13.0 Å². The number of ether oxygens (including phenoxy) is 4. The van der Waals surface area contributed by atoms with E-state index in [1.54, 1.807) is 19.1 Å². The summed E-state index contributed by atoms with van der Waals surface area (Å²) in [6, 6.07) is 4.70. The first kappa shape index (κ1) is 26.3. The second-order valence-corrected chi connectivity index (χ2v) is 9.02. The molecule has 0 spiro atoms. The van der Waals surface area contributed by atoms with Crippen molar-refractivity contribution < 1.29 is 38.4 Å². The van der Waals surface area contributed by atoms with Crippen molar-refractivity contribution in [2.24, 2.45) is 11.8 Å². The number of benzene rings is 1. The lowest BCUT2D eigenvalue weighted by Gasteiger charge is -2.38. The van der Waals surface area contributed by atoms with Crippen LogP contribution in [0.5, 0.6) is 11.5 Å². The van der Waals surface area contributed by atoms with Crippen LogP contribution in [0.2, 0.25) is 0 Å². The van der Waals surface area contributed by atoms with Crippen molar-refractivity contribution in [2.45, 2.75) is 46.1 Å². The van der Waals surface area contributed by atoms with Crippen molar-refractivity contribution >= 4 is 17.7 Å². The molecule has 35 heavy (non-hydrogen) atoms. The minimum atomic E-state index is -0.995. The number of nitrogens with one attached hydrogen (secondary N) is 1. The Morgan fingerprint density at radius 1 is 1.20 bits per heavy atom. The molecule has 0 aromatic heterocycles. The minimum absolute atomic E-state index is 0.00848. The molecule has 9 nitrogen and oxygen atoms in total. The number of esters is 2. The number of phenolic OH excluding ortho intramolecular Hbond substituents is 1. The van der Waals surface area contributed by atoms with Crippen LogP contribution in [0.15, 0.2) is 40.7 Å². The molecule has 3 rings (SSSR count). The number of phenols is 1. The molecule has 0 bridgehead atoms. The fourth-order valence-electron chi connectivity index (χ4n) is 4.67. The van der Waals surface area contributed by atoms with Crippen molar-refractivity contribution in [1.29, 1.82) is 0 Å². The molecule has 0 fully saturated rings. The molecule has 1 aromatic carbocycles. The van der Waals surface area contributed by atoms with Crippen LogP contribution in [0.4, 0.5) is 0 Å². The third-order valence-corrected chi connectivity index (χ3v) is 6.27. The number of ketones is 1. The van der Waals surface area contributed by atoms with E-state index >= 15 is 0 Å². The number of carbonyl (C=O) groups is 3. The van der Waals surface area contributed by atoms with Crippen molar-refractivity contribution in [3.05, 3.63) is 46.3 Å². The van der Waals surface area contributed by atoms with Gasteiger partial charge in [0.25, 0.3) is 0 Å². The maximum absolute atomic E-state index is 13.7. The summed E-state index contributed by atoms with van der Waals surface area (Å²) in [5, 5.41) is 13.7. The molecule has 1 aliphatic carbocycles. The van der Waals surface area contributed by atoms with Crippen LogP contribution < -0.4 is 10.1 Å². The average molecular weight is 488 g/mol. The van der Waals surface area contributed by atoms with Crippen molar-refractivity contribution in [3.63, 3.8) is 0 Å². The van der Waals surface area contributed by atoms with Crippen LogP contribution in [-0.2, 0) is 28.6 Å². The number of dihydropyridines is 1. The Kier molecular flexibility index (Phi) is 8.22. The molecule has 2 N–H and O–H groups in total. The van der Waals surface area contributed by atoms with Crippen LogP contribution >= 0.6 is 0 Å². The molecular weight excluding hydrogens is 454 g/mol. The van der Waals surface area contributed by atoms with Gasteiger partial charge in [-0.15, -0.1) is 0 Å². The Labute approximate surface area is 205 Å². The monoisotopic (exact) mass is 487 g/mol. The number of methoxy groups -OCH3 is 2. The minimum Gasteiger partial charge on any atom is -0.504 e. The van der Waals surface area contributed by atoms with Crippen LogP contribution in [0.1, 0.15) is 45.6 Å². The lowest BCUT2D eigenvalue weighted by molar-refractivity contribution is -0.151. The maximum Gasteiger partial charge on any atom is 0.336 e. The van der Waals surface area contributed by atoms with Gasteiger partial charge in [-0.05, 0) is 50.8 Å². The summed E-state index contributed by atoms with van der Waals surface area (Å²) < 4.78 is 21.0. The van der Waals surface area contributed by atoms with E-state index in [2.05, 4.69) is 5.32 Å². The number of aromatic hydroxyl groups is 1. The summed E-state index contributed by atoms with van der Waals surface area (Å²) in [5.74, 6) is -3.67. The first-order valence-electron chi connectivity index (χ1n) is 11.6. The zero-order valence-corrected chi connectivity index (χ0v) is 21.0. The molecule has 0 saturated carbocycles. The van der Waals surface area contributed by atoms with E-state index < -0.39 is 29.6 Å². The number of hydrogen-bond donors (Lipinski definition) is 2. The van der Waals surface area contributed by atoms with Gasteiger partial charge < -0.3 is 29.4 Å². The summed E-state index contributed by atoms with van der Waals surface area (Å²) in [4.78, 5) is 39.5. The highest BCUT2D eigenvalue weighted by molar-refractivity contribution is 6.12. The van der Waals surface area contributed by atoms with E-state index in [1.165, 1.54) is 20.3 Å². The number of carbonyl (C=O) groups excluding carboxylic acids is 3.